The second-order valence-corrected chi connectivity index (χ2v) is 15.1. The summed E-state index contributed by atoms with van der Waals surface area (Å²) in [4.78, 5) is 38.7. The number of aliphatic hydroxyl groups is 5. The fraction of sp³-hybridized carbons (Fsp3) is 0.511. The molecule has 13 atom stereocenters. The lowest BCUT2D eigenvalue weighted by Gasteiger charge is -2.43. The predicted molar refractivity (Wildman–Crippen MR) is 229 cm³/mol. The van der Waals surface area contributed by atoms with E-state index in [0.29, 0.717) is 16.7 Å². The lowest BCUT2D eigenvalue weighted by Crippen LogP contribution is -2.59. The summed E-state index contributed by atoms with van der Waals surface area (Å²) in [6.45, 7) is 11.8. The molecule has 8 unspecified atom stereocenters. The third-order valence-electron chi connectivity index (χ3n) is 10.4. The average molecular weight is 839 g/mol. The quantitative estimate of drug-likeness (QED) is 0.0734. The number of aliphatic hydroxyl groups excluding tert-OH is 5. The Morgan fingerprint density at radius 1 is 0.883 bits per heavy atom. The summed E-state index contributed by atoms with van der Waals surface area (Å²) in [5.74, 6) is -2.90. The minimum absolute atomic E-state index is 0.130. The minimum atomic E-state index is -1.33. The van der Waals surface area contributed by atoms with Gasteiger partial charge in [0, 0.05) is 32.5 Å². The van der Waals surface area contributed by atoms with Crippen molar-refractivity contribution in [2.75, 3.05) is 14.2 Å². The second kappa shape index (κ2) is 26.9. The highest BCUT2D eigenvalue weighted by molar-refractivity contribution is 5.99. The Morgan fingerprint density at radius 3 is 2.23 bits per heavy atom. The van der Waals surface area contributed by atoms with Crippen molar-refractivity contribution >= 4 is 17.5 Å². The van der Waals surface area contributed by atoms with E-state index in [1.54, 1.807) is 121 Å². The molecule has 13 nitrogen and oxygen atoms in total. The van der Waals surface area contributed by atoms with Crippen molar-refractivity contribution in [2.24, 2.45) is 11.8 Å². The Hall–Kier alpha value is -4.15. The van der Waals surface area contributed by atoms with E-state index in [-0.39, 0.29) is 18.6 Å². The third kappa shape index (κ3) is 17.1. The summed E-state index contributed by atoms with van der Waals surface area (Å²) < 4.78 is 28.2. The maximum atomic E-state index is 13.1. The van der Waals surface area contributed by atoms with E-state index in [2.05, 4.69) is 0 Å². The van der Waals surface area contributed by atoms with Gasteiger partial charge in [-0.1, -0.05) is 104 Å². The van der Waals surface area contributed by atoms with E-state index in [1.165, 1.54) is 44.6 Å². The maximum Gasteiger partial charge on any atom is 0.309 e. The lowest BCUT2D eigenvalue weighted by molar-refractivity contribution is -0.314. The summed E-state index contributed by atoms with van der Waals surface area (Å²) >= 11 is 0. The van der Waals surface area contributed by atoms with E-state index >= 15 is 0 Å². The van der Waals surface area contributed by atoms with Crippen LogP contribution in [-0.4, -0.2) is 125 Å². The van der Waals surface area contributed by atoms with Gasteiger partial charge in [0.2, 0.25) is 0 Å². The van der Waals surface area contributed by atoms with Crippen molar-refractivity contribution in [1.29, 1.82) is 0 Å². The lowest BCUT2D eigenvalue weighted by atomic mass is 9.85. The van der Waals surface area contributed by atoms with E-state index < -0.39 is 90.9 Å². The zero-order chi connectivity index (χ0) is 44.9. The van der Waals surface area contributed by atoms with Gasteiger partial charge in [-0.2, -0.15) is 0 Å². The van der Waals surface area contributed by atoms with Gasteiger partial charge in [-0.15, -0.1) is 0 Å². The number of methoxy groups -OCH3 is 2. The topological polar surface area (TPSA) is 199 Å². The molecular formula is C47H66O13. The number of rotatable bonds is 13. The Labute approximate surface area is 355 Å². The van der Waals surface area contributed by atoms with E-state index in [0.717, 1.165) is 0 Å². The number of allylic oxidation sites excluding steroid dienone is 13. The van der Waals surface area contributed by atoms with Crippen LogP contribution in [-0.2, 0) is 38.1 Å². The molecule has 5 N–H and O–H groups in total. The number of Topliss-reactive ketones (excluding diaryl/α,β-unsaturated/α-hetero) is 1. The van der Waals surface area contributed by atoms with Crippen molar-refractivity contribution in [2.45, 2.75) is 129 Å². The molecule has 0 aromatic rings. The normalized spacial score (nSPS) is 34.3. The number of carbonyl (C=O) groups is 3. The molecule has 0 aromatic carbocycles. The number of ether oxygens (including phenoxy) is 5. The van der Waals surface area contributed by atoms with Gasteiger partial charge in [-0.3, -0.25) is 14.4 Å². The zero-order valence-electron chi connectivity index (χ0n) is 36.2. The molecule has 13 heteroatoms. The molecule has 0 aromatic heterocycles. The summed E-state index contributed by atoms with van der Waals surface area (Å²) in [5.41, 5.74) is 1.59. The van der Waals surface area contributed by atoms with Crippen molar-refractivity contribution < 1.29 is 63.6 Å². The van der Waals surface area contributed by atoms with E-state index in [1.807, 2.05) is 0 Å². The first kappa shape index (κ1) is 52.0. The van der Waals surface area contributed by atoms with Crippen LogP contribution >= 0.6 is 0 Å². The first-order chi connectivity index (χ1) is 28.4. The molecule has 2 aliphatic rings. The van der Waals surface area contributed by atoms with Crippen LogP contribution in [0.5, 0.6) is 0 Å². The molecule has 2 aliphatic heterocycles. The molecular weight excluding hydrogens is 773 g/mol. The Bertz CT molecular complexity index is 1700. The monoisotopic (exact) mass is 838 g/mol. The number of esters is 1. The summed E-state index contributed by atoms with van der Waals surface area (Å²) in [6.07, 6.45) is 17.1. The highest BCUT2D eigenvalue weighted by Crippen LogP contribution is 2.27. The molecule has 0 radical (unpaired) electrons. The Morgan fingerprint density at radius 2 is 1.55 bits per heavy atom. The fourth-order valence-corrected chi connectivity index (χ4v) is 6.31. The standard InChI is InChI=1S/C47H66O13/c1-29-20-19-21-31(3)42(53)38(50)24-17-11-10-12-18-25-40(60-41(52)27-26-30(2)39(51)28-29)33(5)43(54)32(4)36(48)22-15-13-14-16-23-37(49)34(6)58-47-46(57-9)44(55)45(56-8)35(7)59-47/h10-24,26,28,32-35,37-40,43-47,49-51,54-55H,25,27H2,1-9H3/b11-10+,14-13+,18-12-,20-19-,22-15+,23-16+,24-17+,29-28+,30-26+,31-21+/t32?,33?,34?,35-,37?,38?,39?,40?,43?,44+,45+,46-,47-/m1/s1. The van der Waals surface area contributed by atoms with Gasteiger partial charge in [-0.25, -0.2) is 0 Å². The first-order valence-electron chi connectivity index (χ1n) is 20.2. The number of carbonyl (C=O) groups excluding carboxylic acids is 3. The molecule has 0 amide bonds. The van der Waals surface area contributed by atoms with Gasteiger partial charge in [0.25, 0.3) is 0 Å². The van der Waals surface area contributed by atoms with Crippen molar-refractivity contribution in [3.63, 3.8) is 0 Å². The summed E-state index contributed by atoms with van der Waals surface area (Å²) in [5, 5.41) is 53.5. The number of hydrogen-bond acceptors (Lipinski definition) is 13. The smallest absolute Gasteiger partial charge is 0.309 e. The summed E-state index contributed by atoms with van der Waals surface area (Å²) in [6, 6.07) is 0. The van der Waals surface area contributed by atoms with Gasteiger partial charge in [0.15, 0.2) is 17.9 Å². The fourth-order valence-electron chi connectivity index (χ4n) is 6.31. The molecule has 0 bridgehead atoms. The van der Waals surface area contributed by atoms with Crippen LogP contribution in [0.1, 0.15) is 61.3 Å². The van der Waals surface area contributed by atoms with Gasteiger partial charge >= 0.3 is 5.97 Å². The van der Waals surface area contributed by atoms with Crippen molar-refractivity contribution in [3.8, 4) is 0 Å². The van der Waals surface area contributed by atoms with Crippen LogP contribution in [0, 0.1) is 11.8 Å². The Balaban J connectivity index is 2.11. The number of cyclic esters (lactones) is 1. The molecule has 0 spiro atoms. The first-order valence-corrected chi connectivity index (χ1v) is 20.2. The molecule has 2 rings (SSSR count). The molecule has 0 aliphatic carbocycles. The molecule has 0 saturated carbocycles. The van der Waals surface area contributed by atoms with Crippen LogP contribution in [0.2, 0.25) is 0 Å². The largest absolute Gasteiger partial charge is 0.461 e. The van der Waals surface area contributed by atoms with E-state index in [9.17, 15) is 39.9 Å². The molecule has 2 heterocycles. The highest BCUT2D eigenvalue weighted by atomic mass is 16.7. The predicted octanol–water partition coefficient (Wildman–Crippen LogP) is 4.82. The van der Waals surface area contributed by atoms with Crippen LogP contribution in [0.15, 0.2) is 120 Å². The second-order valence-electron chi connectivity index (χ2n) is 15.1. The number of ketones is 2. The van der Waals surface area contributed by atoms with Gasteiger partial charge < -0.3 is 49.2 Å². The van der Waals surface area contributed by atoms with Gasteiger partial charge in [0.1, 0.15) is 30.5 Å². The molecule has 1 saturated heterocycles. The SMILES string of the molecule is CO[C@@H]1[C@H](O)[C@@H](OC)[C@H](OC(C)C(O)/C=C/C=C/C=C/C(=O)C(C)C(O)C(C)C2C\C=C/C=C/C=C/C(O)C(=O)/C(C)=C/C=C\C(C)=C\C(O)/C(C)=C/CC(=O)O2)O[C@@H]1C. The summed E-state index contributed by atoms with van der Waals surface area (Å²) in [7, 11) is 2.90. The van der Waals surface area contributed by atoms with Crippen LogP contribution in [0.4, 0.5) is 0 Å². The molecule has 332 valence electrons. The Kier molecular flexibility index (Phi) is 23.3. The zero-order valence-corrected chi connectivity index (χ0v) is 36.2. The number of hydrogen-bond donors (Lipinski definition) is 5. The minimum Gasteiger partial charge on any atom is -0.461 e. The van der Waals surface area contributed by atoms with Gasteiger partial charge in [0.05, 0.1) is 36.9 Å². The van der Waals surface area contributed by atoms with Crippen molar-refractivity contribution in [1.82, 2.24) is 0 Å². The van der Waals surface area contributed by atoms with Crippen LogP contribution < -0.4 is 0 Å². The van der Waals surface area contributed by atoms with Gasteiger partial charge in [-0.05, 0) is 64.0 Å². The van der Waals surface area contributed by atoms with Crippen molar-refractivity contribution in [3.05, 3.63) is 120 Å². The third-order valence-corrected chi connectivity index (χ3v) is 10.4. The highest BCUT2D eigenvalue weighted by Gasteiger charge is 2.45. The van der Waals surface area contributed by atoms with Crippen LogP contribution in [0.25, 0.3) is 0 Å². The average Bonchev–Trinajstić information content (AvgIpc) is 3.21. The molecule has 1 fully saturated rings. The molecule has 60 heavy (non-hydrogen) atoms. The van der Waals surface area contributed by atoms with E-state index in [4.69, 9.17) is 23.7 Å². The van der Waals surface area contributed by atoms with Crippen LogP contribution in [0.3, 0.4) is 0 Å². The maximum absolute atomic E-state index is 13.1.